The smallest absolute Gasteiger partial charge is 0.0794 e. The van der Waals surface area contributed by atoms with Crippen LogP contribution < -0.4 is 5.32 Å². The lowest BCUT2D eigenvalue weighted by Crippen LogP contribution is -2.81. The van der Waals surface area contributed by atoms with Crippen LogP contribution in [0.4, 0.5) is 0 Å². The molecule has 68 valence electrons. The molecule has 0 radical (unpaired) electrons. The fourth-order valence-corrected chi connectivity index (χ4v) is 3.02. The van der Waals surface area contributed by atoms with Gasteiger partial charge in [0.2, 0.25) is 0 Å². The van der Waals surface area contributed by atoms with Crippen LogP contribution in [0, 0.1) is 11.8 Å². The van der Waals surface area contributed by atoms with Gasteiger partial charge in [-0.05, 0) is 17.9 Å². The Morgan fingerprint density at radius 2 is 1.92 bits per heavy atom. The standard InChI is InChI=1S/C12H15N/c1-2-4-9(5-3-1)11-6-10-7-13-8-12(10)11/h1-5,10-13H,6-8H2/p+1/t10-,11-,12+/m1/s1. The minimum absolute atomic E-state index is 0.880. The molecule has 1 heteroatoms. The summed E-state index contributed by atoms with van der Waals surface area (Å²) in [5.74, 6) is 2.90. The van der Waals surface area contributed by atoms with Crippen LogP contribution in [-0.4, -0.2) is 13.1 Å². The molecule has 1 aliphatic carbocycles. The lowest BCUT2D eigenvalue weighted by atomic mass is 9.64. The third kappa shape index (κ3) is 1.11. The zero-order chi connectivity index (χ0) is 8.67. The van der Waals surface area contributed by atoms with Crippen LogP contribution in [0.15, 0.2) is 30.3 Å². The molecule has 0 unspecified atom stereocenters. The Labute approximate surface area is 79.2 Å². The third-order valence-electron chi connectivity index (χ3n) is 3.81. The fourth-order valence-electron chi connectivity index (χ4n) is 3.02. The minimum atomic E-state index is 0.880. The van der Waals surface area contributed by atoms with Gasteiger partial charge in [0.25, 0.3) is 0 Å². The highest BCUT2D eigenvalue weighted by Crippen LogP contribution is 2.47. The van der Waals surface area contributed by atoms with E-state index >= 15 is 0 Å². The van der Waals surface area contributed by atoms with Crippen molar-refractivity contribution in [3.63, 3.8) is 0 Å². The van der Waals surface area contributed by atoms with E-state index in [1.807, 2.05) is 0 Å². The molecule has 0 amide bonds. The predicted molar refractivity (Wildman–Crippen MR) is 52.4 cm³/mol. The molecule has 0 aromatic heterocycles. The number of quaternary nitrogens is 1. The van der Waals surface area contributed by atoms with E-state index in [2.05, 4.69) is 35.6 Å². The molecule has 1 aliphatic heterocycles. The summed E-state index contributed by atoms with van der Waals surface area (Å²) in [4.78, 5) is 0. The first-order chi connectivity index (χ1) is 6.45. The van der Waals surface area contributed by atoms with Crippen molar-refractivity contribution in [1.29, 1.82) is 0 Å². The molecule has 1 nitrogen and oxygen atoms in total. The Morgan fingerprint density at radius 1 is 1.08 bits per heavy atom. The van der Waals surface area contributed by atoms with Crippen molar-refractivity contribution in [2.75, 3.05) is 13.1 Å². The van der Waals surface area contributed by atoms with Gasteiger partial charge in [0.1, 0.15) is 0 Å². The topological polar surface area (TPSA) is 16.6 Å². The maximum Gasteiger partial charge on any atom is 0.0794 e. The SMILES string of the molecule is c1ccc([C@H]2C[C@@H]3C[NH2+]C[C@@H]32)cc1. The van der Waals surface area contributed by atoms with Crippen molar-refractivity contribution in [2.45, 2.75) is 12.3 Å². The van der Waals surface area contributed by atoms with E-state index in [1.54, 1.807) is 5.56 Å². The van der Waals surface area contributed by atoms with Gasteiger partial charge >= 0.3 is 0 Å². The molecular weight excluding hydrogens is 158 g/mol. The maximum absolute atomic E-state index is 2.48. The van der Waals surface area contributed by atoms with Gasteiger partial charge in [-0.25, -0.2) is 0 Å². The summed E-state index contributed by atoms with van der Waals surface area (Å²) in [6.45, 7) is 2.75. The molecular formula is C12H16N+. The zero-order valence-corrected chi connectivity index (χ0v) is 7.82. The molecule has 0 spiro atoms. The molecule has 1 heterocycles. The first-order valence-corrected chi connectivity index (χ1v) is 5.32. The summed E-state index contributed by atoms with van der Waals surface area (Å²) < 4.78 is 0. The van der Waals surface area contributed by atoms with Crippen molar-refractivity contribution in [1.82, 2.24) is 0 Å². The number of nitrogens with two attached hydrogens (primary N) is 1. The maximum atomic E-state index is 2.48. The van der Waals surface area contributed by atoms with E-state index < -0.39 is 0 Å². The molecule has 2 aliphatic rings. The zero-order valence-electron chi connectivity index (χ0n) is 7.82. The molecule has 1 saturated heterocycles. The summed E-state index contributed by atoms with van der Waals surface area (Å²) >= 11 is 0. The molecule has 2 fully saturated rings. The van der Waals surface area contributed by atoms with E-state index in [-0.39, 0.29) is 0 Å². The highest BCUT2D eigenvalue weighted by molar-refractivity contribution is 5.24. The number of hydrogen-bond donors (Lipinski definition) is 1. The lowest BCUT2D eigenvalue weighted by Gasteiger charge is -2.37. The van der Waals surface area contributed by atoms with Gasteiger partial charge in [0.05, 0.1) is 13.1 Å². The summed E-state index contributed by atoms with van der Waals surface area (Å²) in [5.41, 5.74) is 1.57. The largest absolute Gasteiger partial charge is 0.346 e. The molecule has 1 saturated carbocycles. The molecule has 0 bridgehead atoms. The summed E-state index contributed by atoms with van der Waals surface area (Å²) in [5, 5.41) is 2.48. The van der Waals surface area contributed by atoms with Crippen molar-refractivity contribution in [3.05, 3.63) is 35.9 Å². The first kappa shape index (κ1) is 7.57. The van der Waals surface area contributed by atoms with E-state index in [9.17, 15) is 0 Å². The van der Waals surface area contributed by atoms with Crippen molar-refractivity contribution < 1.29 is 5.32 Å². The average Bonchev–Trinajstić information content (AvgIpc) is 2.50. The summed E-state index contributed by atoms with van der Waals surface area (Å²) in [7, 11) is 0. The van der Waals surface area contributed by atoms with Crippen LogP contribution in [0.3, 0.4) is 0 Å². The second-order valence-corrected chi connectivity index (χ2v) is 4.44. The highest BCUT2D eigenvalue weighted by Gasteiger charge is 2.47. The van der Waals surface area contributed by atoms with Gasteiger partial charge < -0.3 is 5.32 Å². The van der Waals surface area contributed by atoms with Crippen molar-refractivity contribution in [2.24, 2.45) is 11.8 Å². The van der Waals surface area contributed by atoms with Gasteiger partial charge in [-0.2, -0.15) is 0 Å². The van der Waals surface area contributed by atoms with Gasteiger partial charge in [-0.3, -0.25) is 0 Å². The summed E-state index contributed by atoms with van der Waals surface area (Å²) in [6.07, 6.45) is 1.44. The van der Waals surface area contributed by atoms with Crippen molar-refractivity contribution in [3.8, 4) is 0 Å². The predicted octanol–water partition coefficient (Wildman–Crippen LogP) is 0.983. The van der Waals surface area contributed by atoms with E-state index in [0.717, 1.165) is 17.8 Å². The van der Waals surface area contributed by atoms with Crippen LogP contribution in [0.5, 0.6) is 0 Å². The molecule has 3 rings (SSSR count). The van der Waals surface area contributed by atoms with Gasteiger partial charge in [0.15, 0.2) is 0 Å². The van der Waals surface area contributed by atoms with Gasteiger partial charge in [0, 0.05) is 11.8 Å². The number of hydrogen-bond acceptors (Lipinski definition) is 0. The Kier molecular flexibility index (Phi) is 1.66. The third-order valence-corrected chi connectivity index (χ3v) is 3.81. The minimum Gasteiger partial charge on any atom is -0.346 e. The Morgan fingerprint density at radius 3 is 2.69 bits per heavy atom. The van der Waals surface area contributed by atoms with Gasteiger partial charge in [-0.15, -0.1) is 0 Å². The van der Waals surface area contributed by atoms with E-state index in [1.165, 1.54) is 19.5 Å². The lowest BCUT2D eigenvalue weighted by molar-refractivity contribution is -0.639. The quantitative estimate of drug-likeness (QED) is 0.653. The Bertz CT molecular complexity index is 293. The van der Waals surface area contributed by atoms with Crippen LogP contribution >= 0.6 is 0 Å². The van der Waals surface area contributed by atoms with Gasteiger partial charge in [-0.1, -0.05) is 30.3 Å². The van der Waals surface area contributed by atoms with Crippen LogP contribution in [-0.2, 0) is 0 Å². The second-order valence-electron chi connectivity index (χ2n) is 4.44. The van der Waals surface area contributed by atoms with E-state index in [4.69, 9.17) is 0 Å². The van der Waals surface area contributed by atoms with E-state index in [0.29, 0.717) is 0 Å². The monoisotopic (exact) mass is 174 g/mol. The van der Waals surface area contributed by atoms with Crippen LogP contribution in [0.25, 0.3) is 0 Å². The Hall–Kier alpha value is -0.820. The number of fused-ring (bicyclic) bond motifs is 1. The van der Waals surface area contributed by atoms with Crippen LogP contribution in [0.1, 0.15) is 17.9 Å². The first-order valence-electron chi connectivity index (χ1n) is 5.32. The second kappa shape index (κ2) is 2.85. The number of rotatable bonds is 1. The molecule has 3 atom stereocenters. The molecule has 1 aromatic carbocycles. The normalized spacial score (nSPS) is 36.8. The molecule has 13 heavy (non-hydrogen) atoms. The molecule has 2 N–H and O–H groups in total. The fraction of sp³-hybridized carbons (Fsp3) is 0.500. The van der Waals surface area contributed by atoms with Crippen LogP contribution in [0.2, 0.25) is 0 Å². The van der Waals surface area contributed by atoms with Crippen molar-refractivity contribution >= 4 is 0 Å². The number of benzene rings is 1. The molecule has 1 aromatic rings. The average molecular weight is 174 g/mol. The summed E-state index contributed by atoms with van der Waals surface area (Å²) in [6, 6.07) is 11.0. The Balaban J connectivity index is 1.81. The highest BCUT2D eigenvalue weighted by atomic mass is 14.9.